The van der Waals surface area contributed by atoms with Crippen molar-refractivity contribution in [2.45, 2.75) is 12.1 Å². The number of rotatable bonds is 3. The van der Waals surface area contributed by atoms with Crippen LogP contribution in [0.4, 0.5) is 0 Å². The molecule has 16 heavy (non-hydrogen) atoms. The van der Waals surface area contributed by atoms with Gasteiger partial charge in [0, 0.05) is 29.7 Å². The molecule has 4 heteroatoms. The smallest absolute Gasteiger partial charge is 0.125 e. The van der Waals surface area contributed by atoms with Gasteiger partial charge in [-0.1, -0.05) is 29.8 Å². The van der Waals surface area contributed by atoms with Crippen molar-refractivity contribution in [3.05, 3.63) is 34.9 Å². The fourth-order valence-corrected chi connectivity index (χ4v) is 2.19. The van der Waals surface area contributed by atoms with Crippen LogP contribution < -0.4 is 5.32 Å². The second kappa shape index (κ2) is 4.84. The Labute approximate surface area is 101 Å². The predicted molar refractivity (Wildman–Crippen MR) is 64.2 cm³/mol. The Hall–Kier alpha value is -1.08. The second-order valence-corrected chi connectivity index (χ2v) is 4.40. The van der Waals surface area contributed by atoms with Gasteiger partial charge >= 0.3 is 0 Å². The lowest BCUT2D eigenvalue weighted by molar-refractivity contribution is 0.104. The summed E-state index contributed by atoms with van der Waals surface area (Å²) < 4.78 is 0. The molecule has 0 amide bonds. The van der Waals surface area contributed by atoms with Gasteiger partial charge in [-0.3, -0.25) is 4.90 Å². The Morgan fingerprint density at radius 1 is 1.50 bits per heavy atom. The van der Waals surface area contributed by atoms with Crippen LogP contribution in [0.2, 0.25) is 5.02 Å². The quantitative estimate of drug-likeness (QED) is 0.869. The van der Waals surface area contributed by atoms with E-state index in [9.17, 15) is 5.26 Å². The van der Waals surface area contributed by atoms with Crippen LogP contribution in [-0.2, 0) is 0 Å². The number of hydrogen-bond acceptors (Lipinski definition) is 3. The maximum Gasteiger partial charge on any atom is 0.125 e. The molecule has 1 heterocycles. The molecule has 1 fully saturated rings. The number of nitriles is 1. The van der Waals surface area contributed by atoms with E-state index in [-0.39, 0.29) is 6.04 Å². The first-order valence-electron chi connectivity index (χ1n) is 5.31. The normalized spacial score (nSPS) is 18.8. The van der Waals surface area contributed by atoms with E-state index in [4.69, 9.17) is 11.6 Å². The largest absolute Gasteiger partial charge is 0.315 e. The number of likely N-dealkylation sites (tertiary alicyclic amines) is 1. The Kier molecular flexibility index (Phi) is 3.45. The van der Waals surface area contributed by atoms with Crippen LogP contribution in [0.1, 0.15) is 11.6 Å². The average molecular weight is 236 g/mol. The van der Waals surface area contributed by atoms with E-state index < -0.39 is 0 Å². The van der Waals surface area contributed by atoms with Gasteiger partial charge < -0.3 is 5.32 Å². The molecule has 1 N–H and O–H groups in total. The molecular weight excluding hydrogens is 222 g/mol. The monoisotopic (exact) mass is 235 g/mol. The minimum atomic E-state index is -0.224. The summed E-state index contributed by atoms with van der Waals surface area (Å²) in [6.45, 7) is 1.81. The van der Waals surface area contributed by atoms with E-state index in [2.05, 4.69) is 16.3 Å². The fourth-order valence-electron chi connectivity index (χ4n) is 1.95. The van der Waals surface area contributed by atoms with Crippen molar-refractivity contribution in [1.82, 2.24) is 10.2 Å². The van der Waals surface area contributed by atoms with Crippen molar-refractivity contribution in [3.8, 4) is 6.07 Å². The topological polar surface area (TPSA) is 39.1 Å². The highest BCUT2D eigenvalue weighted by atomic mass is 35.5. The summed E-state index contributed by atoms with van der Waals surface area (Å²) in [4.78, 5) is 2.13. The van der Waals surface area contributed by atoms with Gasteiger partial charge in [0.05, 0.1) is 6.07 Å². The number of nitrogens with one attached hydrogen (secondary N) is 1. The summed E-state index contributed by atoms with van der Waals surface area (Å²) in [6.07, 6.45) is 0. The first kappa shape index (κ1) is 11.4. The molecule has 0 aromatic heterocycles. The molecule has 1 saturated heterocycles. The summed E-state index contributed by atoms with van der Waals surface area (Å²) in [5, 5.41) is 13.1. The van der Waals surface area contributed by atoms with Gasteiger partial charge in [0.2, 0.25) is 0 Å². The summed E-state index contributed by atoms with van der Waals surface area (Å²) >= 11 is 6.10. The molecule has 2 rings (SSSR count). The fraction of sp³-hybridized carbons (Fsp3) is 0.417. The number of halogens is 1. The molecule has 0 spiro atoms. The van der Waals surface area contributed by atoms with Gasteiger partial charge in [-0.15, -0.1) is 0 Å². The highest BCUT2D eigenvalue weighted by molar-refractivity contribution is 6.31. The van der Waals surface area contributed by atoms with E-state index in [0.717, 1.165) is 18.7 Å². The molecule has 84 valence electrons. The predicted octanol–water partition coefficient (Wildman–Crippen LogP) is 1.81. The summed E-state index contributed by atoms with van der Waals surface area (Å²) in [6, 6.07) is 10.1. The Morgan fingerprint density at radius 2 is 2.19 bits per heavy atom. The van der Waals surface area contributed by atoms with Crippen LogP contribution in [0.3, 0.4) is 0 Å². The molecular formula is C12H14ClN3. The number of likely N-dealkylation sites (N-methyl/N-ethyl adjacent to an activating group) is 1. The highest BCUT2D eigenvalue weighted by Crippen LogP contribution is 2.29. The van der Waals surface area contributed by atoms with E-state index in [1.54, 1.807) is 0 Å². The molecule has 0 radical (unpaired) electrons. The summed E-state index contributed by atoms with van der Waals surface area (Å²) in [5.41, 5.74) is 0.904. The van der Waals surface area contributed by atoms with E-state index in [0.29, 0.717) is 11.1 Å². The molecule has 3 nitrogen and oxygen atoms in total. The lowest BCUT2D eigenvalue weighted by atomic mass is 10.0. The van der Waals surface area contributed by atoms with Crippen molar-refractivity contribution in [2.75, 3.05) is 20.1 Å². The lowest BCUT2D eigenvalue weighted by Crippen LogP contribution is -2.57. The highest BCUT2D eigenvalue weighted by Gasteiger charge is 2.32. The van der Waals surface area contributed by atoms with Gasteiger partial charge in [-0.25, -0.2) is 0 Å². The van der Waals surface area contributed by atoms with Crippen LogP contribution in [0, 0.1) is 11.3 Å². The van der Waals surface area contributed by atoms with Crippen molar-refractivity contribution in [3.63, 3.8) is 0 Å². The van der Waals surface area contributed by atoms with Crippen molar-refractivity contribution in [2.24, 2.45) is 0 Å². The van der Waals surface area contributed by atoms with Crippen molar-refractivity contribution in [1.29, 1.82) is 5.26 Å². The maximum absolute atomic E-state index is 9.23. The van der Waals surface area contributed by atoms with Gasteiger partial charge in [0.1, 0.15) is 6.04 Å². The molecule has 0 bridgehead atoms. The Balaban J connectivity index is 2.13. The summed E-state index contributed by atoms with van der Waals surface area (Å²) in [7, 11) is 1.94. The molecule has 1 aliphatic rings. The van der Waals surface area contributed by atoms with Crippen LogP contribution in [-0.4, -0.2) is 31.1 Å². The first-order valence-corrected chi connectivity index (χ1v) is 5.69. The van der Waals surface area contributed by atoms with E-state index in [1.807, 2.05) is 31.3 Å². The van der Waals surface area contributed by atoms with Crippen molar-refractivity contribution < 1.29 is 0 Å². The zero-order chi connectivity index (χ0) is 11.5. The average Bonchev–Trinajstić information content (AvgIpc) is 2.24. The molecule has 0 unspecified atom stereocenters. The first-order chi connectivity index (χ1) is 7.76. The van der Waals surface area contributed by atoms with Crippen LogP contribution in [0.25, 0.3) is 0 Å². The van der Waals surface area contributed by atoms with E-state index in [1.165, 1.54) is 0 Å². The standard InChI is InChI=1S/C12H14ClN3/c1-15-9-7-16(8-9)12(6-14)10-4-2-3-5-11(10)13/h2-5,9,12,15H,7-8H2,1H3/t12-/m1/s1. The number of hydrogen-bond donors (Lipinski definition) is 1. The van der Waals surface area contributed by atoms with Crippen LogP contribution in [0.15, 0.2) is 24.3 Å². The molecule has 0 saturated carbocycles. The van der Waals surface area contributed by atoms with Crippen molar-refractivity contribution >= 4 is 11.6 Å². The molecule has 0 aliphatic carbocycles. The molecule has 1 aromatic rings. The van der Waals surface area contributed by atoms with Crippen LogP contribution in [0.5, 0.6) is 0 Å². The SMILES string of the molecule is CNC1CN([C@H](C#N)c2ccccc2Cl)C1. The minimum Gasteiger partial charge on any atom is -0.315 e. The maximum atomic E-state index is 9.23. The zero-order valence-corrected chi connectivity index (χ0v) is 9.91. The van der Waals surface area contributed by atoms with Crippen LogP contribution >= 0.6 is 11.6 Å². The zero-order valence-electron chi connectivity index (χ0n) is 9.15. The lowest BCUT2D eigenvalue weighted by Gasteiger charge is -2.41. The Bertz CT molecular complexity index is 407. The number of benzene rings is 1. The van der Waals surface area contributed by atoms with Gasteiger partial charge in [0.25, 0.3) is 0 Å². The molecule has 1 aliphatic heterocycles. The second-order valence-electron chi connectivity index (χ2n) is 3.99. The van der Waals surface area contributed by atoms with Gasteiger partial charge in [-0.2, -0.15) is 5.26 Å². The van der Waals surface area contributed by atoms with Gasteiger partial charge in [-0.05, 0) is 13.1 Å². The number of nitrogens with zero attached hydrogens (tertiary/aromatic N) is 2. The summed E-state index contributed by atoms with van der Waals surface area (Å²) in [5.74, 6) is 0. The Morgan fingerprint density at radius 3 is 2.75 bits per heavy atom. The van der Waals surface area contributed by atoms with E-state index >= 15 is 0 Å². The molecule has 1 atom stereocenters. The minimum absolute atomic E-state index is 0.224. The molecule has 1 aromatic carbocycles. The van der Waals surface area contributed by atoms with Gasteiger partial charge in [0.15, 0.2) is 0 Å². The third-order valence-electron chi connectivity index (χ3n) is 3.01. The third kappa shape index (κ3) is 2.05. The third-order valence-corrected chi connectivity index (χ3v) is 3.35.